The number of ether oxygens (including phenoxy) is 1. The molecule has 0 fully saturated rings. The SMILES string of the molecule is Nc1nc(=S)nc(COc2cccc(Cl)c2)[nH]1. The molecule has 1 aromatic carbocycles. The summed E-state index contributed by atoms with van der Waals surface area (Å²) in [4.78, 5) is 10.5. The van der Waals surface area contributed by atoms with Crippen molar-refractivity contribution in [1.29, 1.82) is 0 Å². The Kier molecular flexibility index (Phi) is 3.55. The van der Waals surface area contributed by atoms with Crippen molar-refractivity contribution in [3.8, 4) is 5.75 Å². The summed E-state index contributed by atoms with van der Waals surface area (Å²) in [5, 5.41) is 0.609. The molecule has 0 saturated carbocycles. The van der Waals surface area contributed by atoms with Crippen LogP contribution in [0.1, 0.15) is 5.82 Å². The van der Waals surface area contributed by atoms with Crippen LogP contribution in [0.3, 0.4) is 0 Å². The second-order valence-corrected chi connectivity index (χ2v) is 4.01. The molecule has 0 aliphatic carbocycles. The molecule has 2 aromatic rings. The third-order valence-electron chi connectivity index (χ3n) is 1.89. The van der Waals surface area contributed by atoms with Gasteiger partial charge in [-0.2, -0.15) is 4.98 Å². The standard InChI is InChI=1S/C10H9ClN4OS/c11-6-2-1-3-7(4-6)16-5-8-13-9(12)15-10(17)14-8/h1-4H,5H2,(H3,12,13,14,15,17). The maximum atomic E-state index is 5.83. The number of nitrogens with two attached hydrogens (primary N) is 1. The lowest BCUT2D eigenvalue weighted by molar-refractivity contribution is 0.295. The number of hydrogen-bond acceptors (Lipinski definition) is 5. The van der Waals surface area contributed by atoms with E-state index in [0.717, 1.165) is 0 Å². The Morgan fingerprint density at radius 1 is 1.41 bits per heavy atom. The number of halogens is 1. The minimum absolute atomic E-state index is 0.186. The predicted molar refractivity (Wildman–Crippen MR) is 67.4 cm³/mol. The van der Waals surface area contributed by atoms with E-state index in [0.29, 0.717) is 16.6 Å². The topological polar surface area (TPSA) is 76.8 Å². The highest BCUT2D eigenvalue weighted by Gasteiger charge is 2.00. The third-order valence-corrected chi connectivity index (χ3v) is 2.31. The van der Waals surface area contributed by atoms with Crippen molar-refractivity contribution in [2.45, 2.75) is 6.61 Å². The van der Waals surface area contributed by atoms with Crippen molar-refractivity contribution in [1.82, 2.24) is 15.0 Å². The molecule has 7 heteroatoms. The molecule has 0 aliphatic rings. The van der Waals surface area contributed by atoms with Crippen LogP contribution in [0.2, 0.25) is 5.02 Å². The van der Waals surface area contributed by atoms with Gasteiger partial charge in [0.15, 0.2) is 0 Å². The van der Waals surface area contributed by atoms with Gasteiger partial charge in [0.05, 0.1) is 0 Å². The van der Waals surface area contributed by atoms with Crippen molar-refractivity contribution >= 4 is 29.8 Å². The minimum Gasteiger partial charge on any atom is -0.486 e. The Balaban J connectivity index is 2.09. The number of nitrogens with zero attached hydrogens (tertiary/aromatic N) is 2. The zero-order chi connectivity index (χ0) is 12.3. The van der Waals surface area contributed by atoms with Gasteiger partial charge in [-0.05, 0) is 30.4 Å². The van der Waals surface area contributed by atoms with Crippen LogP contribution in [-0.4, -0.2) is 15.0 Å². The largest absolute Gasteiger partial charge is 0.486 e. The van der Waals surface area contributed by atoms with Crippen molar-refractivity contribution in [3.63, 3.8) is 0 Å². The van der Waals surface area contributed by atoms with E-state index in [1.54, 1.807) is 24.3 Å². The van der Waals surface area contributed by atoms with E-state index >= 15 is 0 Å². The predicted octanol–water partition coefficient (Wildman–Crippen LogP) is 2.35. The van der Waals surface area contributed by atoms with Crippen LogP contribution in [0.15, 0.2) is 24.3 Å². The number of H-pyrrole nitrogens is 1. The van der Waals surface area contributed by atoms with E-state index in [4.69, 9.17) is 34.3 Å². The molecule has 3 N–H and O–H groups in total. The number of anilines is 1. The van der Waals surface area contributed by atoms with E-state index in [9.17, 15) is 0 Å². The summed E-state index contributed by atoms with van der Waals surface area (Å²) >= 11 is 10.7. The van der Waals surface area contributed by atoms with Gasteiger partial charge >= 0.3 is 0 Å². The quantitative estimate of drug-likeness (QED) is 0.836. The number of nitrogens with one attached hydrogen (secondary N) is 1. The van der Waals surface area contributed by atoms with Gasteiger partial charge in [-0.3, -0.25) is 0 Å². The van der Waals surface area contributed by atoms with E-state index < -0.39 is 0 Å². The second kappa shape index (κ2) is 5.11. The van der Waals surface area contributed by atoms with E-state index in [2.05, 4.69) is 15.0 Å². The molecule has 0 unspecified atom stereocenters. The normalized spacial score (nSPS) is 10.2. The zero-order valence-corrected chi connectivity index (χ0v) is 10.3. The number of benzene rings is 1. The van der Waals surface area contributed by atoms with Gasteiger partial charge in [0.2, 0.25) is 10.7 Å². The fourth-order valence-corrected chi connectivity index (χ4v) is 1.61. The first-order valence-electron chi connectivity index (χ1n) is 4.74. The van der Waals surface area contributed by atoms with E-state index in [-0.39, 0.29) is 17.3 Å². The summed E-state index contributed by atoms with van der Waals surface area (Å²) in [6, 6.07) is 7.07. The van der Waals surface area contributed by atoms with Gasteiger partial charge in [-0.15, -0.1) is 0 Å². The monoisotopic (exact) mass is 268 g/mol. The van der Waals surface area contributed by atoms with Crippen LogP contribution in [0.25, 0.3) is 0 Å². The van der Waals surface area contributed by atoms with Crippen molar-refractivity contribution in [3.05, 3.63) is 39.9 Å². The number of rotatable bonds is 3. The highest BCUT2D eigenvalue weighted by molar-refractivity contribution is 7.71. The lowest BCUT2D eigenvalue weighted by atomic mass is 10.3. The number of aromatic nitrogens is 3. The van der Waals surface area contributed by atoms with Crippen LogP contribution in [0.4, 0.5) is 5.95 Å². The Bertz CT molecular complexity index is 587. The van der Waals surface area contributed by atoms with Gasteiger partial charge in [-0.25, -0.2) is 4.98 Å². The van der Waals surface area contributed by atoms with Gasteiger partial charge in [0.25, 0.3) is 0 Å². The first-order valence-corrected chi connectivity index (χ1v) is 5.53. The summed E-state index contributed by atoms with van der Waals surface area (Å²) in [7, 11) is 0. The van der Waals surface area contributed by atoms with E-state index in [1.165, 1.54) is 0 Å². The summed E-state index contributed by atoms with van der Waals surface area (Å²) in [5.74, 6) is 1.38. The fourth-order valence-electron chi connectivity index (χ4n) is 1.22. The van der Waals surface area contributed by atoms with Gasteiger partial charge < -0.3 is 15.5 Å². The van der Waals surface area contributed by atoms with Gasteiger partial charge in [0.1, 0.15) is 18.2 Å². The smallest absolute Gasteiger partial charge is 0.224 e. The number of nitrogen functional groups attached to an aromatic ring is 1. The molecule has 0 spiro atoms. The summed E-state index contributed by atoms with van der Waals surface area (Å²) in [6.45, 7) is 0.219. The molecule has 1 aromatic heterocycles. The molecule has 5 nitrogen and oxygen atoms in total. The number of hydrogen-bond donors (Lipinski definition) is 2. The molecule has 0 radical (unpaired) electrons. The van der Waals surface area contributed by atoms with Crippen LogP contribution in [0.5, 0.6) is 5.75 Å². The second-order valence-electron chi connectivity index (χ2n) is 3.21. The van der Waals surface area contributed by atoms with Crippen LogP contribution >= 0.6 is 23.8 Å². The van der Waals surface area contributed by atoms with Crippen molar-refractivity contribution in [2.75, 3.05) is 5.73 Å². The van der Waals surface area contributed by atoms with Gasteiger partial charge in [-0.1, -0.05) is 17.7 Å². The molecule has 0 atom stereocenters. The molecular formula is C10H9ClN4OS. The lowest BCUT2D eigenvalue weighted by Crippen LogP contribution is -2.06. The van der Waals surface area contributed by atoms with E-state index in [1.807, 2.05) is 0 Å². The molecule has 1 heterocycles. The molecule has 17 heavy (non-hydrogen) atoms. The minimum atomic E-state index is 0.186. The van der Waals surface area contributed by atoms with Gasteiger partial charge in [0, 0.05) is 5.02 Å². The van der Waals surface area contributed by atoms with Crippen LogP contribution in [-0.2, 0) is 6.61 Å². The Morgan fingerprint density at radius 3 is 2.94 bits per heavy atom. The molecule has 0 amide bonds. The highest BCUT2D eigenvalue weighted by Crippen LogP contribution is 2.17. The fraction of sp³-hybridized carbons (Fsp3) is 0.100. The molecule has 0 saturated heterocycles. The Labute approximate surface area is 108 Å². The van der Waals surface area contributed by atoms with Crippen molar-refractivity contribution < 1.29 is 4.74 Å². The third kappa shape index (κ3) is 3.40. The Hall–Kier alpha value is -1.66. The maximum Gasteiger partial charge on any atom is 0.224 e. The van der Waals surface area contributed by atoms with Crippen molar-refractivity contribution in [2.24, 2.45) is 0 Å². The average Bonchev–Trinajstić information content (AvgIpc) is 2.25. The summed E-state index contributed by atoms with van der Waals surface area (Å²) in [6.07, 6.45) is 0. The average molecular weight is 269 g/mol. The summed E-state index contributed by atoms with van der Waals surface area (Å²) in [5.41, 5.74) is 5.50. The molecule has 0 aliphatic heterocycles. The summed E-state index contributed by atoms with van der Waals surface area (Å²) < 4.78 is 5.66. The zero-order valence-electron chi connectivity index (χ0n) is 8.68. The lowest BCUT2D eigenvalue weighted by Gasteiger charge is -2.06. The van der Waals surface area contributed by atoms with Crippen LogP contribution < -0.4 is 10.5 Å². The first-order chi connectivity index (χ1) is 8.13. The van der Waals surface area contributed by atoms with Crippen LogP contribution in [0, 0.1) is 4.77 Å². The molecule has 2 rings (SSSR count). The highest BCUT2D eigenvalue weighted by atomic mass is 35.5. The molecule has 0 bridgehead atoms. The Morgan fingerprint density at radius 2 is 2.24 bits per heavy atom. The first kappa shape index (κ1) is 11.8. The molecule has 88 valence electrons. The number of aromatic amines is 1. The molecular weight excluding hydrogens is 260 g/mol. The maximum absolute atomic E-state index is 5.83.